The number of rotatable bonds is 5. The van der Waals surface area contributed by atoms with Crippen LogP contribution in [0.3, 0.4) is 0 Å². The maximum atomic E-state index is 12.1. The highest BCUT2D eigenvalue weighted by Gasteiger charge is 2.22. The molecule has 0 radical (unpaired) electrons. The zero-order valence-corrected chi connectivity index (χ0v) is 10.9. The SMILES string of the molecule is NCCOc1ccccc1NC(=O)C1CCCCO1. The molecule has 0 bridgehead atoms. The van der Waals surface area contributed by atoms with Crippen LogP contribution < -0.4 is 15.8 Å². The predicted octanol–water partition coefficient (Wildman–Crippen LogP) is 1.53. The summed E-state index contributed by atoms with van der Waals surface area (Å²) in [7, 11) is 0. The van der Waals surface area contributed by atoms with E-state index in [1.54, 1.807) is 0 Å². The summed E-state index contributed by atoms with van der Waals surface area (Å²) in [4.78, 5) is 12.1. The standard InChI is InChI=1S/C14H20N2O3/c15-8-10-19-12-6-2-1-5-11(12)16-14(17)13-7-3-4-9-18-13/h1-2,5-6,13H,3-4,7-10,15H2,(H,16,17). The van der Waals surface area contributed by atoms with E-state index in [2.05, 4.69) is 5.32 Å². The van der Waals surface area contributed by atoms with E-state index in [1.807, 2.05) is 24.3 Å². The number of nitrogens with one attached hydrogen (secondary N) is 1. The molecule has 3 N–H and O–H groups in total. The lowest BCUT2D eigenvalue weighted by Crippen LogP contribution is -2.33. The number of amides is 1. The molecular formula is C14H20N2O3. The van der Waals surface area contributed by atoms with Crippen LogP contribution in [0.25, 0.3) is 0 Å². The largest absolute Gasteiger partial charge is 0.490 e. The van der Waals surface area contributed by atoms with Crippen molar-refractivity contribution in [3.05, 3.63) is 24.3 Å². The fourth-order valence-corrected chi connectivity index (χ4v) is 2.03. The Morgan fingerprint density at radius 1 is 1.42 bits per heavy atom. The van der Waals surface area contributed by atoms with E-state index < -0.39 is 0 Å². The van der Waals surface area contributed by atoms with Gasteiger partial charge in [-0.25, -0.2) is 0 Å². The summed E-state index contributed by atoms with van der Waals surface area (Å²) < 4.78 is 11.0. The lowest BCUT2D eigenvalue weighted by atomic mass is 10.1. The average Bonchev–Trinajstić information content (AvgIpc) is 2.47. The van der Waals surface area contributed by atoms with Gasteiger partial charge in [0, 0.05) is 13.2 Å². The fraction of sp³-hybridized carbons (Fsp3) is 0.500. The zero-order chi connectivity index (χ0) is 13.5. The lowest BCUT2D eigenvalue weighted by molar-refractivity contribution is -0.129. The fourth-order valence-electron chi connectivity index (χ4n) is 2.03. The van der Waals surface area contributed by atoms with Gasteiger partial charge in [-0.05, 0) is 31.4 Å². The minimum absolute atomic E-state index is 0.108. The first-order valence-electron chi connectivity index (χ1n) is 6.65. The van der Waals surface area contributed by atoms with Crippen LogP contribution in [0.1, 0.15) is 19.3 Å². The highest BCUT2D eigenvalue weighted by atomic mass is 16.5. The van der Waals surface area contributed by atoms with Crippen LogP contribution in [0.5, 0.6) is 5.75 Å². The molecule has 104 valence electrons. The lowest BCUT2D eigenvalue weighted by Gasteiger charge is -2.22. The number of nitrogens with two attached hydrogens (primary N) is 1. The molecule has 1 aromatic carbocycles. The molecule has 1 saturated heterocycles. The van der Waals surface area contributed by atoms with Crippen molar-refractivity contribution in [3.63, 3.8) is 0 Å². The number of carbonyl (C=O) groups is 1. The molecule has 5 nitrogen and oxygen atoms in total. The molecular weight excluding hydrogens is 244 g/mol. The van der Waals surface area contributed by atoms with E-state index >= 15 is 0 Å². The summed E-state index contributed by atoms with van der Waals surface area (Å²) >= 11 is 0. The molecule has 1 amide bonds. The molecule has 1 atom stereocenters. The van der Waals surface area contributed by atoms with Crippen molar-refractivity contribution in [2.45, 2.75) is 25.4 Å². The first-order chi connectivity index (χ1) is 9.31. The molecule has 1 aromatic rings. The second-order valence-corrected chi connectivity index (χ2v) is 4.48. The van der Waals surface area contributed by atoms with Gasteiger partial charge in [0.25, 0.3) is 5.91 Å². The van der Waals surface area contributed by atoms with Gasteiger partial charge in [0.1, 0.15) is 18.5 Å². The average molecular weight is 264 g/mol. The molecule has 0 spiro atoms. The molecule has 1 heterocycles. The molecule has 1 aliphatic rings. The summed E-state index contributed by atoms with van der Waals surface area (Å²) in [5.41, 5.74) is 6.07. The molecule has 19 heavy (non-hydrogen) atoms. The van der Waals surface area contributed by atoms with Crippen LogP contribution in [0.15, 0.2) is 24.3 Å². The van der Waals surface area contributed by atoms with Gasteiger partial charge in [-0.15, -0.1) is 0 Å². The summed E-state index contributed by atoms with van der Waals surface area (Å²) in [5, 5.41) is 2.86. The van der Waals surface area contributed by atoms with E-state index in [-0.39, 0.29) is 12.0 Å². The summed E-state index contributed by atoms with van der Waals surface area (Å²) in [6.45, 7) is 1.52. The van der Waals surface area contributed by atoms with Crippen molar-refractivity contribution in [2.24, 2.45) is 5.73 Å². The molecule has 2 rings (SSSR count). The Morgan fingerprint density at radius 2 is 2.26 bits per heavy atom. The molecule has 1 unspecified atom stereocenters. The van der Waals surface area contributed by atoms with Crippen molar-refractivity contribution < 1.29 is 14.3 Å². The maximum absolute atomic E-state index is 12.1. The second kappa shape index (κ2) is 7.11. The van der Waals surface area contributed by atoms with Crippen LogP contribution in [0, 0.1) is 0 Å². The highest BCUT2D eigenvalue weighted by Crippen LogP contribution is 2.24. The van der Waals surface area contributed by atoms with Crippen molar-refractivity contribution in [3.8, 4) is 5.75 Å². The first kappa shape index (κ1) is 13.8. The minimum Gasteiger partial charge on any atom is -0.490 e. The van der Waals surface area contributed by atoms with E-state index in [0.29, 0.717) is 31.2 Å². The van der Waals surface area contributed by atoms with Gasteiger partial charge < -0.3 is 20.5 Å². The van der Waals surface area contributed by atoms with Crippen LogP contribution >= 0.6 is 0 Å². The minimum atomic E-state index is -0.351. The molecule has 5 heteroatoms. The third-order valence-corrected chi connectivity index (χ3v) is 2.99. The van der Waals surface area contributed by atoms with Crippen LogP contribution in [-0.2, 0) is 9.53 Å². The van der Waals surface area contributed by atoms with E-state index in [0.717, 1.165) is 19.3 Å². The second-order valence-electron chi connectivity index (χ2n) is 4.48. The number of para-hydroxylation sites is 2. The van der Waals surface area contributed by atoms with E-state index in [1.165, 1.54) is 0 Å². The Labute approximate surface area is 113 Å². The highest BCUT2D eigenvalue weighted by molar-refractivity contribution is 5.95. The van der Waals surface area contributed by atoms with Gasteiger partial charge in [-0.3, -0.25) is 4.79 Å². The quantitative estimate of drug-likeness (QED) is 0.846. The van der Waals surface area contributed by atoms with Crippen LogP contribution in [-0.4, -0.2) is 31.8 Å². The number of hydrogen-bond acceptors (Lipinski definition) is 4. The molecule has 0 saturated carbocycles. The predicted molar refractivity (Wildman–Crippen MR) is 73.2 cm³/mol. The first-order valence-corrected chi connectivity index (χ1v) is 6.65. The number of anilines is 1. The third kappa shape index (κ3) is 3.94. The number of benzene rings is 1. The Bertz CT molecular complexity index is 417. The Hall–Kier alpha value is -1.59. The Kier molecular flexibility index (Phi) is 5.18. The number of ether oxygens (including phenoxy) is 2. The van der Waals surface area contributed by atoms with Gasteiger partial charge in [0.15, 0.2) is 0 Å². The monoisotopic (exact) mass is 264 g/mol. The number of carbonyl (C=O) groups excluding carboxylic acids is 1. The van der Waals surface area contributed by atoms with Crippen molar-refractivity contribution in [1.82, 2.24) is 0 Å². The summed E-state index contributed by atoms with van der Waals surface area (Å²) in [5.74, 6) is 0.528. The maximum Gasteiger partial charge on any atom is 0.253 e. The van der Waals surface area contributed by atoms with Gasteiger partial charge in [-0.2, -0.15) is 0 Å². The Balaban J connectivity index is 1.99. The molecule has 0 aliphatic carbocycles. The Morgan fingerprint density at radius 3 is 3.00 bits per heavy atom. The van der Waals surface area contributed by atoms with E-state index in [4.69, 9.17) is 15.2 Å². The summed E-state index contributed by atoms with van der Waals surface area (Å²) in [6.07, 6.45) is 2.48. The van der Waals surface area contributed by atoms with Crippen molar-refractivity contribution >= 4 is 11.6 Å². The van der Waals surface area contributed by atoms with Gasteiger partial charge in [0.2, 0.25) is 0 Å². The smallest absolute Gasteiger partial charge is 0.253 e. The molecule has 1 fully saturated rings. The van der Waals surface area contributed by atoms with E-state index in [9.17, 15) is 4.79 Å². The number of hydrogen-bond donors (Lipinski definition) is 2. The van der Waals surface area contributed by atoms with Crippen LogP contribution in [0.4, 0.5) is 5.69 Å². The van der Waals surface area contributed by atoms with Crippen molar-refractivity contribution in [1.29, 1.82) is 0 Å². The third-order valence-electron chi connectivity index (χ3n) is 2.99. The van der Waals surface area contributed by atoms with Crippen LogP contribution in [0.2, 0.25) is 0 Å². The van der Waals surface area contributed by atoms with Crippen molar-refractivity contribution in [2.75, 3.05) is 25.1 Å². The van der Waals surface area contributed by atoms with Gasteiger partial charge in [0.05, 0.1) is 5.69 Å². The zero-order valence-electron chi connectivity index (χ0n) is 10.9. The molecule has 0 aromatic heterocycles. The summed E-state index contributed by atoms with van der Waals surface area (Å²) in [6, 6.07) is 7.34. The molecule has 1 aliphatic heterocycles. The van der Waals surface area contributed by atoms with Gasteiger partial charge in [-0.1, -0.05) is 12.1 Å². The van der Waals surface area contributed by atoms with Gasteiger partial charge >= 0.3 is 0 Å². The normalized spacial score (nSPS) is 18.9. The topological polar surface area (TPSA) is 73.6 Å².